The van der Waals surface area contributed by atoms with Gasteiger partial charge in [-0.05, 0) is 20.8 Å². The Morgan fingerprint density at radius 3 is 1.25 bits per heavy atom. The van der Waals surface area contributed by atoms with E-state index in [0.717, 1.165) is 0 Å². The molecular formula is C7H15Cl3OSi. The van der Waals surface area contributed by atoms with Gasteiger partial charge in [0.05, 0.1) is 16.1 Å². The second-order valence-corrected chi connectivity index (χ2v) is 5.28. The zero-order valence-electron chi connectivity index (χ0n) is 7.77. The molecule has 0 heterocycles. The van der Waals surface area contributed by atoms with Crippen molar-refractivity contribution in [1.82, 2.24) is 0 Å². The summed E-state index contributed by atoms with van der Waals surface area (Å²) in [7, 11) is 0.586. The maximum Gasteiger partial charge on any atom is 0.147 e. The van der Waals surface area contributed by atoms with Crippen LogP contribution in [0.2, 0.25) is 0 Å². The number of alkyl halides is 3. The van der Waals surface area contributed by atoms with Crippen LogP contribution in [0.1, 0.15) is 20.8 Å². The topological polar surface area (TPSA) is 9.23 Å². The fraction of sp³-hybridized carbons (Fsp3) is 1.00. The molecule has 0 spiro atoms. The summed E-state index contributed by atoms with van der Waals surface area (Å²) < 4.78 is 5.47. The Labute approximate surface area is 92.2 Å². The van der Waals surface area contributed by atoms with E-state index in [9.17, 15) is 0 Å². The molecule has 0 aliphatic heterocycles. The molecular weight excluding hydrogens is 235 g/mol. The molecule has 3 unspecified atom stereocenters. The molecule has 3 atom stereocenters. The Bertz CT molecular complexity index is 117. The lowest BCUT2D eigenvalue weighted by Gasteiger charge is -2.40. The van der Waals surface area contributed by atoms with Crippen LogP contribution in [0.15, 0.2) is 0 Å². The van der Waals surface area contributed by atoms with Gasteiger partial charge in [0.2, 0.25) is 0 Å². The summed E-state index contributed by atoms with van der Waals surface area (Å²) in [6.07, 6.45) is 0. The molecule has 74 valence electrons. The van der Waals surface area contributed by atoms with Gasteiger partial charge < -0.3 is 4.43 Å². The van der Waals surface area contributed by atoms with Gasteiger partial charge in [0, 0.05) is 0 Å². The fourth-order valence-electron chi connectivity index (χ4n) is 1.44. The molecule has 0 aliphatic rings. The van der Waals surface area contributed by atoms with E-state index >= 15 is 0 Å². The average Bonchev–Trinajstić information content (AvgIpc) is 1.86. The molecule has 0 radical (unpaired) electrons. The molecule has 12 heavy (non-hydrogen) atoms. The summed E-state index contributed by atoms with van der Waals surface area (Å²) in [5.41, 5.74) is -0.600. The molecule has 5 heteroatoms. The molecule has 0 aliphatic carbocycles. The van der Waals surface area contributed by atoms with E-state index in [0.29, 0.717) is 10.5 Å². The molecule has 1 nitrogen and oxygen atoms in total. The van der Waals surface area contributed by atoms with Crippen LogP contribution in [0, 0.1) is 0 Å². The van der Waals surface area contributed by atoms with E-state index in [4.69, 9.17) is 39.2 Å². The number of rotatable bonds is 4. The Morgan fingerprint density at radius 1 is 1.00 bits per heavy atom. The van der Waals surface area contributed by atoms with Gasteiger partial charge in [-0.25, -0.2) is 0 Å². The van der Waals surface area contributed by atoms with Gasteiger partial charge in [0.15, 0.2) is 0 Å². The van der Waals surface area contributed by atoms with E-state index in [2.05, 4.69) is 0 Å². The Balaban J connectivity index is 4.77. The second kappa shape index (κ2) is 5.06. The predicted octanol–water partition coefficient (Wildman–Crippen LogP) is 1.90. The van der Waals surface area contributed by atoms with Crippen molar-refractivity contribution in [3.63, 3.8) is 0 Å². The highest BCUT2D eigenvalue weighted by Crippen LogP contribution is 2.34. The van der Waals surface area contributed by atoms with Crippen LogP contribution < -0.4 is 0 Å². The minimum absolute atomic E-state index is 0.185. The molecule has 0 bridgehead atoms. The normalized spacial score (nSPS) is 24.5. The van der Waals surface area contributed by atoms with Gasteiger partial charge >= 0.3 is 0 Å². The lowest BCUT2D eigenvalue weighted by molar-refractivity contribution is 0.0786. The molecule has 0 aromatic carbocycles. The molecule has 0 aromatic rings. The van der Waals surface area contributed by atoms with Crippen LogP contribution in [0.5, 0.6) is 0 Å². The first-order chi connectivity index (χ1) is 5.39. The molecule has 0 amide bonds. The van der Waals surface area contributed by atoms with Crippen LogP contribution >= 0.6 is 34.8 Å². The SMILES string of the molecule is CC(Cl)C(O[SiH3])(C(C)Cl)C(C)Cl. The van der Waals surface area contributed by atoms with Crippen LogP contribution in [0.25, 0.3) is 0 Å². The molecule has 0 saturated carbocycles. The number of hydrogen-bond donors (Lipinski definition) is 0. The molecule has 0 rings (SSSR count). The fourth-order valence-corrected chi connectivity index (χ4v) is 4.54. The second-order valence-electron chi connectivity index (χ2n) is 2.91. The van der Waals surface area contributed by atoms with Gasteiger partial charge in [-0.15, -0.1) is 34.8 Å². The van der Waals surface area contributed by atoms with Crippen molar-refractivity contribution >= 4 is 45.3 Å². The maximum atomic E-state index is 6.02. The first-order valence-electron chi connectivity index (χ1n) is 3.87. The summed E-state index contributed by atoms with van der Waals surface area (Å²) in [5, 5.41) is -0.556. The van der Waals surface area contributed by atoms with Gasteiger partial charge in [-0.1, -0.05) is 0 Å². The van der Waals surface area contributed by atoms with Crippen LogP contribution in [0.4, 0.5) is 0 Å². The smallest absolute Gasteiger partial charge is 0.147 e. The Kier molecular flexibility index (Phi) is 5.50. The molecule has 0 fully saturated rings. The molecule has 0 N–H and O–H groups in total. The standard InChI is InChI=1S/C7H15Cl3OSi/c1-4(8)7(11-12,5(2)9)6(3)10/h4-6H,1-3,12H3. The van der Waals surface area contributed by atoms with Crippen molar-refractivity contribution in [2.24, 2.45) is 0 Å². The first kappa shape index (κ1) is 13.0. The van der Waals surface area contributed by atoms with Crippen LogP contribution in [-0.2, 0) is 4.43 Å². The number of halogens is 3. The zero-order valence-corrected chi connectivity index (χ0v) is 12.0. The third-order valence-electron chi connectivity index (χ3n) is 2.22. The largest absolute Gasteiger partial charge is 0.418 e. The Hall–Kier alpha value is 1.05. The monoisotopic (exact) mass is 248 g/mol. The summed E-state index contributed by atoms with van der Waals surface area (Å²) in [6, 6.07) is 0. The van der Waals surface area contributed by atoms with Gasteiger partial charge in [-0.2, -0.15) is 0 Å². The third kappa shape index (κ3) is 2.29. The maximum absolute atomic E-state index is 6.02. The number of hydrogen-bond acceptors (Lipinski definition) is 1. The van der Waals surface area contributed by atoms with Crippen molar-refractivity contribution in [1.29, 1.82) is 0 Å². The van der Waals surface area contributed by atoms with Gasteiger partial charge in [0.1, 0.15) is 16.1 Å². The highest BCUT2D eigenvalue weighted by Gasteiger charge is 2.43. The van der Waals surface area contributed by atoms with E-state index in [1.165, 1.54) is 0 Å². The van der Waals surface area contributed by atoms with Gasteiger partial charge in [-0.3, -0.25) is 0 Å². The average molecular weight is 250 g/mol. The minimum Gasteiger partial charge on any atom is -0.418 e. The van der Waals surface area contributed by atoms with Crippen molar-refractivity contribution < 1.29 is 4.43 Å². The van der Waals surface area contributed by atoms with Crippen LogP contribution in [0.3, 0.4) is 0 Å². The van der Waals surface area contributed by atoms with Crippen molar-refractivity contribution in [2.45, 2.75) is 42.5 Å². The first-order valence-corrected chi connectivity index (χ1v) is 5.99. The summed E-state index contributed by atoms with van der Waals surface area (Å²) in [4.78, 5) is 0. The van der Waals surface area contributed by atoms with E-state index in [-0.39, 0.29) is 16.1 Å². The lowest BCUT2D eigenvalue weighted by atomic mass is 9.93. The quantitative estimate of drug-likeness (QED) is 0.546. The van der Waals surface area contributed by atoms with Crippen molar-refractivity contribution in [3.8, 4) is 0 Å². The van der Waals surface area contributed by atoms with Crippen LogP contribution in [-0.4, -0.2) is 32.2 Å². The third-order valence-corrected chi connectivity index (χ3v) is 3.95. The van der Waals surface area contributed by atoms with Crippen molar-refractivity contribution in [3.05, 3.63) is 0 Å². The molecule has 0 aromatic heterocycles. The predicted molar refractivity (Wildman–Crippen MR) is 59.7 cm³/mol. The highest BCUT2D eigenvalue weighted by molar-refractivity contribution is 6.28. The summed E-state index contributed by atoms with van der Waals surface area (Å²) in [5.74, 6) is 0. The van der Waals surface area contributed by atoms with Crippen molar-refractivity contribution in [2.75, 3.05) is 0 Å². The lowest BCUT2D eigenvalue weighted by Crippen LogP contribution is -2.53. The highest BCUT2D eigenvalue weighted by atomic mass is 35.5. The summed E-state index contributed by atoms with van der Waals surface area (Å²) >= 11 is 18.1. The summed E-state index contributed by atoms with van der Waals surface area (Å²) in [6.45, 7) is 5.58. The molecule has 0 saturated heterocycles. The van der Waals surface area contributed by atoms with E-state index in [1.54, 1.807) is 0 Å². The zero-order chi connectivity index (χ0) is 9.94. The van der Waals surface area contributed by atoms with E-state index in [1.807, 2.05) is 20.8 Å². The van der Waals surface area contributed by atoms with Gasteiger partial charge in [0.25, 0.3) is 0 Å². The minimum atomic E-state index is -0.600. The Morgan fingerprint density at radius 2 is 1.25 bits per heavy atom. The van der Waals surface area contributed by atoms with E-state index < -0.39 is 5.60 Å².